The lowest BCUT2D eigenvalue weighted by atomic mass is 10.1. The third-order valence-electron chi connectivity index (χ3n) is 6.54. The van der Waals surface area contributed by atoms with E-state index in [1.807, 2.05) is 32.3 Å². The standard InChI is InChI=1S/C25H29N11O2S/c1-17-22(6-5-20(31-17)12-26-2)36-14-18(11-30-36)24-21(27-3)13-28-25(33-24)32-19-7-9-35(10-8-19)39(37,38)23-15-34(4)16-29-23/h5-6,11,13-16,19,26H,7-10,12H2,1-2,4H3,(H,28,32,33). The van der Waals surface area contributed by atoms with Crippen molar-refractivity contribution < 1.29 is 8.42 Å². The quantitative estimate of drug-likeness (QED) is 0.318. The zero-order chi connectivity index (χ0) is 27.6. The van der Waals surface area contributed by atoms with Crippen molar-refractivity contribution in [1.29, 1.82) is 0 Å². The molecule has 0 saturated carbocycles. The lowest BCUT2D eigenvalue weighted by molar-refractivity contribution is 0.328. The molecule has 5 heterocycles. The number of aryl methyl sites for hydroxylation is 2. The zero-order valence-corrected chi connectivity index (χ0v) is 22.7. The van der Waals surface area contributed by atoms with Gasteiger partial charge in [0.2, 0.25) is 11.6 Å². The topological polar surface area (TPSA) is 140 Å². The van der Waals surface area contributed by atoms with Crippen LogP contribution >= 0.6 is 0 Å². The molecule has 1 saturated heterocycles. The van der Waals surface area contributed by atoms with E-state index in [0.29, 0.717) is 55.4 Å². The molecular formula is C25H29N11O2S. The van der Waals surface area contributed by atoms with Crippen molar-refractivity contribution in [3.05, 3.63) is 66.1 Å². The molecule has 0 radical (unpaired) electrons. The maximum Gasteiger partial charge on any atom is 0.262 e. The van der Waals surface area contributed by atoms with Gasteiger partial charge in [-0.05, 0) is 38.9 Å². The Morgan fingerprint density at radius 1 is 1.13 bits per heavy atom. The van der Waals surface area contributed by atoms with Crippen molar-refractivity contribution in [3.8, 4) is 16.9 Å². The summed E-state index contributed by atoms with van der Waals surface area (Å²) >= 11 is 0. The fourth-order valence-corrected chi connectivity index (χ4v) is 5.96. The zero-order valence-electron chi connectivity index (χ0n) is 21.9. The van der Waals surface area contributed by atoms with Gasteiger partial charge in [-0.1, -0.05) is 0 Å². The molecule has 1 fully saturated rings. The minimum Gasteiger partial charge on any atom is -0.351 e. The highest BCUT2D eigenvalue weighted by Gasteiger charge is 2.31. The van der Waals surface area contributed by atoms with Crippen LogP contribution in [-0.4, -0.2) is 73.2 Å². The van der Waals surface area contributed by atoms with Crippen LogP contribution in [0.5, 0.6) is 0 Å². The van der Waals surface area contributed by atoms with E-state index in [2.05, 4.69) is 40.5 Å². The van der Waals surface area contributed by atoms with Gasteiger partial charge in [0.1, 0.15) is 0 Å². The Morgan fingerprint density at radius 3 is 2.59 bits per heavy atom. The van der Waals surface area contributed by atoms with E-state index in [1.165, 1.54) is 23.0 Å². The molecule has 0 aromatic carbocycles. The number of nitrogens with one attached hydrogen (secondary N) is 2. The molecular weight excluding hydrogens is 518 g/mol. The van der Waals surface area contributed by atoms with Gasteiger partial charge in [0, 0.05) is 56.9 Å². The maximum absolute atomic E-state index is 12.9. The maximum atomic E-state index is 12.9. The van der Waals surface area contributed by atoms with Crippen molar-refractivity contribution in [2.45, 2.75) is 37.4 Å². The van der Waals surface area contributed by atoms with Crippen molar-refractivity contribution in [2.75, 3.05) is 25.5 Å². The molecule has 1 aliphatic heterocycles. The number of aromatic nitrogens is 7. The molecule has 202 valence electrons. The van der Waals surface area contributed by atoms with Crippen LogP contribution in [0, 0.1) is 13.5 Å². The number of hydrogen-bond acceptors (Lipinski definition) is 9. The first-order valence-electron chi connectivity index (χ1n) is 12.4. The third-order valence-corrected chi connectivity index (χ3v) is 8.32. The van der Waals surface area contributed by atoms with Crippen molar-refractivity contribution >= 4 is 21.7 Å². The predicted octanol–water partition coefficient (Wildman–Crippen LogP) is 2.30. The Bertz CT molecular complexity index is 1630. The van der Waals surface area contributed by atoms with Crippen molar-refractivity contribution in [1.82, 2.24) is 43.9 Å². The van der Waals surface area contributed by atoms with Gasteiger partial charge in [-0.2, -0.15) is 9.40 Å². The summed E-state index contributed by atoms with van der Waals surface area (Å²) in [6, 6.07) is 3.90. The molecule has 0 spiro atoms. The van der Waals surface area contributed by atoms with E-state index in [-0.39, 0.29) is 11.1 Å². The van der Waals surface area contributed by atoms with Crippen molar-refractivity contribution in [3.63, 3.8) is 0 Å². The fraction of sp³-hybridized carbons (Fsp3) is 0.360. The predicted molar refractivity (Wildman–Crippen MR) is 145 cm³/mol. The lowest BCUT2D eigenvalue weighted by Gasteiger charge is -2.31. The van der Waals surface area contributed by atoms with E-state index in [4.69, 9.17) is 6.57 Å². The summed E-state index contributed by atoms with van der Waals surface area (Å²) in [6.07, 6.45) is 9.14. The third kappa shape index (κ3) is 5.51. The van der Waals surface area contributed by atoms with Gasteiger partial charge in [-0.15, -0.1) is 0 Å². The van der Waals surface area contributed by atoms with Gasteiger partial charge in [0.25, 0.3) is 10.0 Å². The molecule has 0 unspecified atom stereocenters. The number of piperidine rings is 1. The molecule has 2 N–H and O–H groups in total. The SMILES string of the molecule is [C-]#[N+]c1cnc(NC2CCN(S(=O)(=O)c3cn(C)cn3)CC2)nc1-c1cnn(-c2ccc(CNC)nc2C)c1. The number of pyridine rings is 1. The van der Waals surface area contributed by atoms with E-state index in [0.717, 1.165) is 17.1 Å². The van der Waals surface area contributed by atoms with Gasteiger partial charge in [0.05, 0.1) is 41.9 Å². The number of nitrogens with zero attached hydrogens (tertiary/aromatic N) is 9. The summed E-state index contributed by atoms with van der Waals surface area (Å²) in [5.41, 5.74) is 4.08. The molecule has 4 aromatic heterocycles. The normalized spacial score (nSPS) is 14.8. The van der Waals surface area contributed by atoms with Crippen LogP contribution in [0.15, 0.2) is 48.3 Å². The Balaban J connectivity index is 1.30. The summed E-state index contributed by atoms with van der Waals surface area (Å²) in [4.78, 5) is 21.2. The second-order valence-corrected chi connectivity index (χ2v) is 11.2. The first-order valence-corrected chi connectivity index (χ1v) is 13.9. The number of rotatable bonds is 8. The monoisotopic (exact) mass is 547 g/mol. The molecule has 0 amide bonds. The van der Waals surface area contributed by atoms with Gasteiger partial charge in [-0.25, -0.2) is 32.9 Å². The number of anilines is 1. The summed E-state index contributed by atoms with van der Waals surface area (Å²) in [5, 5.41) is 10.9. The summed E-state index contributed by atoms with van der Waals surface area (Å²) in [5.74, 6) is 0.380. The van der Waals surface area contributed by atoms with E-state index in [9.17, 15) is 8.42 Å². The van der Waals surface area contributed by atoms with E-state index >= 15 is 0 Å². The Kier molecular flexibility index (Phi) is 7.38. The summed E-state index contributed by atoms with van der Waals surface area (Å²) < 4.78 is 30.5. The molecule has 39 heavy (non-hydrogen) atoms. The molecule has 14 heteroatoms. The molecule has 4 aromatic rings. The highest BCUT2D eigenvalue weighted by Crippen LogP contribution is 2.30. The fourth-order valence-electron chi connectivity index (χ4n) is 4.52. The van der Waals surface area contributed by atoms with Crippen LogP contribution in [0.1, 0.15) is 24.2 Å². The molecule has 0 bridgehead atoms. The Labute approximate surface area is 226 Å². The number of hydrogen-bond donors (Lipinski definition) is 2. The minimum absolute atomic E-state index is 0.0144. The van der Waals surface area contributed by atoms with Gasteiger partial charge < -0.3 is 15.2 Å². The van der Waals surface area contributed by atoms with Crippen LogP contribution in [0.25, 0.3) is 21.8 Å². The molecule has 13 nitrogen and oxygen atoms in total. The van der Waals surface area contributed by atoms with Crippen LogP contribution in [0.2, 0.25) is 0 Å². The first kappa shape index (κ1) is 26.4. The van der Waals surface area contributed by atoms with Gasteiger partial charge >= 0.3 is 0 Å². The highest BCUT2D eigenvalue weighted by atomic mass is 32.2. The largest absolute Gasteiger partial charge is 0.351 e. The number of sulfonamides is 1. The van der Waals surface area contributed by atoms with E-state index < -0.39 is 10.0 Å². The lowest BCUT2D eigenvalue weighted by Crippen LogP contribution is -2.42. The summed E-state index contributed by atoms with van der Waals surface area (Å²) in [6.45, 7) is 10.9. The molecule has 5 rings (SSSR count). The smallest absolute Gasteiger partial charge is 0.262 e. The van der Waals surface area contributed by atoms with Gasteiger partial charge in [0.15, 0.2) is 5.03 Å². The average molecular weight is 548 g/mol. The average Bonchev–Trinajstić information content (AvgIpc) is 3.59. The molecule has 1 aliphatic rings. The van der Waals surface area contributed by atoms with Crippen LogP contribution < -0.4 is 10.6 Å². The highest BCUT2D eigenvalue weighted by molar-refractivity contribution is 7.89. The van der Waals surface area contributed by atoms with Crippen LogP contribution in [0.4, 0.5) is 11.6 Å². The van der Waals surface area contributed by atoms with Crippen molar-refractivity contribution in [2.24, 2.45) is 7.05 Å². The Hall–Kier alpha value is -4.19. The first-order chi connectivity index (χ1) is 18.8. The minimum atomic E-state index is -3.63. The Morgan fingerprint density at radius 2 is 1.92 bits per heavy atom. The second-order valence-electron chi connectivity index (χ2n) is 9.35. The van der Waals surface area contributed by atoms with Crippen LogP contribution in [0.3, 0.4) is 0 Å². The van der Waals surface area contributed by atoms with Gasteiger partial charge in [-0.3, -0.25) is 4.98 Å². The second kappa shape index (κ2) is 10.9. The van der Waals surface area contributed by atoms with E-state index in [1.54, 1.807) is 22.5 Å². The summed E-state index contributed by atoms with van der Waals surface area (Å²) in [7, 11) is -0.0119. The van der Waals surface area contributed by atoms with Crippen LogP contribution in [-0.2, 0) is 23.6 Å². The molecule has 0 atom stereocenters. The number of imidazole rings is 1. The molecule has 0 aliphatic carbocycles.